The largest absolute Gasteiger partial charge is 0.495 e. The Morgan fingerprint density at radius 3 is 2.52 bits per heavy atom. The number of nitrogens with zero attached hydrogens (tertiary/aromatic N) is 1. The number of anilines is 1. The highest BCUT2D eigenvalue weighted by Crippen LogP contribution is 2.36. The summed E-state index contributed by atoms with van der Waals surface area (Å²) in [6, 6.07) is 18.6. The standard InChI is InChI=1S/C24H18ClFN2O2.ClH/c1-14-22(24(29)28-20-9-5-6-10-21(20)30-2)23(16-7-3-4-8-18(16)26)17-13-15(25)11-12-19(17)27-14;/h3-13H,1-2H3,(H,28,29);1H. The zero-order valence-corrected chi connectivity index (χ0v) is 18.4. The molecular weight excluding hydrogens is 438 g/mol. The second kappa shape index (κ2) is 9.33. The van der Waals surface area contributed by atoms with Crippen molar-refractivity contribution in [3.63, 3.8) is 0 Å². The number of rotatable bonds is 4. The van der Waals surface area contributed by atoms with Crippen molar-refractivity contribution in [2.24, 2.45) is 0 Å². The van der Waals surface area contributed by atoms with Crippen LogP contribution in [0.25, 0.3) is 22.0 Å². The number of hydrogen-bond acceptors (Lipinski definition) is 3. The first-order valence-electron chi connectivity index (χ1n) is 9.28. The maximum atomic E-state index is 14.8. The number of benzene rings is 3. The number of methoxy groups -OCH3 is 1. The van der Waals surface area contributed by atoms with Crippen molar-refractivity contribution in [3.05, 3.63) is 88.8 Å². The SMILES string of the molecule is COc1ccccc1NC(=O)c1c(C)nc2ccc(Cl)cc2c1-c1ccccc1F.Cl. The van der Waals surface area contributed by atoms with Gasteiger partial charge in [0.2, 0.25) is 0 Å². The van der Waals surface area contributed by atoms with Crippen LogP contribution < -0.4 is 10.1 Å². The van der Waals surface area contributed by atoms with E-state index in [2.05, 4.69) is 10.3 Å². The molecule has 158 valence electrons. The lowest BCUT2D eigenvalue weighted by atomic mass is 9.93. The Bertz CT molecular complexity index is 1280. The van der Waals surface area contributed by atoms with Crippen molar-refractivity contribution >= 4 is 46.5 Å². The van der Waals surface area contributed by atoms with Gasteiger partial charge in [0.25, 0.3) is 5.91 Å². The van der Waals surface area contributed by atoms with Gasteiger partial charge in [-0.25, -0.2) is 4.39 Å². The van der Waals surface area contributed by atoms with Crippen molar-refractivity contribution in [1.29, 1.82) is 0 Å². The van der Waals surface area contributed by atoms with E-state index >= 15 is 0 Å². The number of carbonyl (C=O) groups is 1. The zero-order chi connectivity index (χ0) is 21.3. The van der Waals surface area contributed by atoms with Crippen LogP contribution in [0.2, 0.25) is 5.02 Å². The Kier molecular flexibility index (Phi) is 6.78. The molecule has 1 heterocycles. The summed E-state index contributed by atoms with van der Waals surface area (Å²) >= 11 is 6.22. The Balaban J connectivity index is 0.00000272. The third-order valence-electron chi connectivity index (χ3n) is 4.85. The van der Waals surface area contributed by atoms with E-state index in [1.807, 2.05) is 6.07 Å². The molecule has 3 aromatic carbocycles. The highest BCUT2D eigenvalue weighted by atomic mass is 35.5. The fourth-order valence-corrected chi connectivity index (χ4v) is 3.68. The smallest absolute Gasteiger partial charge is 0.258 e. The molecule has 4 aromatic rings. The number of aromatic nitrogens is 1. The van der Waals surface area contributed by atoms with E-state index in [9.17, 15) is 9.18 Å². The molecule has 0 aliphatic carbocycles. The number of para-hydroxylation sites is 2. The van der Waals surface area contributed by atoms with Crippen LogP contribution in [0.15, 0.2) is 66.7 Å². The summed E-state index contributed by atoms with van der Waals surface area (Å²) in [5.41, 5.74) is 2.65. The van der Waals surface area contributed by atoms with Gasteiger partial charge in [-0.05, 0) is 43.3 Å². The number of hydrogen-bond donors (Lipinski definition) is 1. The molecule has 1 N–H and O–H groups in total. The molecule has 1 aromatic heterocycles. The Morgan fingerprint density at radius 1 is 1.06 bits per heavy atom. The third kappa shape index (κ3) is 4.33. The molecule has 0 unspecified atom stereocenters. The Labute approximate surface area is 190 Å². The van der Waals surface area contributed by atoms with Crippen molar-refractivity contribution in [1.82, 2.24) is 4.98 Å². The first-order valence-corrected chi connectivity index (χ1v) is 9.66. The van der Waals surface area contributed by atoms with E-state index < -0.39 is 11.7 Å². The van der Waals surface area contributed by atoms with Gasteiger partial charge in [0.1, 0.15) is 11.6 Å². The highest BCUT2D eigenvalue weighted by molar-refractivity contribution is 6.31. The van der Waals surface area contributed by atoms with Crippen LogP contribution in [-0.2, 0) is 0 Å². The maximum Gasteiger partial charge on any atom is 0.258 e. The minimum absolute atomic E-state index is 0. The lowest BCUT2D eigenvalue weighted by molar-refractivity contribution is 0.102. The summed E-state index contributed by atoms with van der Waals surface area (Å²) in [6.07, 6.45) is 0. The summed E-state index contributed by atoms with van der Waals surface area (Å²) in [5.74, 6) is -0.326. The average molecular weight is 457 g/mol. The number of fused-ring (bicyclic) bond motifs is 1. The molecule has 0 atom stereocenters. The van der Waals surface area contributed by atoms with Gasteiger partial charge in [0, 0.05) is 21.5 Å². The second-order valence-electron chi connectivity index (χ2n) is 6.74. The van der Waals surface area contributed by atoms with E-state index in [1.165, 1.54) is 13.2 Å². The fraction of sp³-hybridized carbons (Fsp3) is 0.0833. The summed E-state index contributed by atoms with van der Waals surface area (Å²) in [6.45, 7) is 1.73. The molecule has 0 aliphatic heterocycles. The molecule has 0 aliphatic rings. The summed E-state index contributed by atoms with van der Waals surface area (Å²) < 4.78 is 20.1. The normalized spacial score (nSPS) is 10.5. The van der Waals surface area contributed by atoms with Crippen LogP contribution in [0, 0.1) is 12.7 Å². The Morgan fingerprint density at radius 2 is 1.77 bits per heavy atom. The second-order valence-corrected chi connectivity index (χ2v) is 7.18. The Hall–Kier alpha value is -3.15. The summed E-state index contributed by atoms with van der Waals surface area (Å²) in [7, 11) is 1.53. The molecule has 0 radical (unpaired) electrons. The van der Waals surface area contributed by atoms with Crippen LogP contribution >= 0.6 is 24.0 Å². The van der Waals surface area contributed by atoms with Crippen LogP contribution in [0.1, 0.15) is 16.1 Å². The van der Waals surface area contributed by atoms with E-state index in [0.717, 1.165) is 0 Å². The number of pyridine rings is 1. The maximum absolute atomic E-state index is 14.8. The van der Waals surface area contributed by atoms with Gasteiger partial charge in [-0.1, -0.05) is 41.9 Å². The van der Waals surface area contributed by atoms with E-state index in [4.69, 9.17) is 16.3 Å². The monoisotopic (exact) mass is 456 g/mol. The molecule has 0 saturated carbocycles. The predicted octanol–water partition coefficient (Wildman–Crippen LogP) is 6.69. The molecule has 4 nitrogen and oxygen atoms in total. The molecule has 0 fully saturated rings. The lowest BCUT2D eigenvalue weighted by Crippen LogP contribution is -2.17. The van der Waals surface area contributed by atoms with Gasteiger partial charge >= 0.3 is 0 Å². The van der Waals surface area contributed by atoms with Gasteiger partial charge in [-0.3, -0.25) is 9.78 Å². The quantitative estimate of drug-likeness (QED) is 0.372. The van der Waals surface area contributed by atoms with Crippen molar-refractivity contribution in [2.75, 3.05) is 12.4 Å². The van der Waals surface area contributed by atoms with Gasteiger partial charge in [0.05, 0.1) is 29.6 Å². The number of ether oxygens (including phenoxy) is 1. The van der Waals surface area contributed by atoms with Crippen molar-refractivity contribution < 1.29 is 13.9 Å². The number of amides is 1. The van der Waals surface area contributed by atoms with Crippen LogP contribution in [0.3, 0.4) is 0 Å². The lowest BCUT2D eigenvalue weighted by Gasteiger charge is -2.17. The van der Waals surface area contributed by atoms with E-state index in [0.29, 0.717) is 44.2 Å². The topological polar surface area (TPSA) is 51.2 Å². The van der Waals surface area contributed by atoms with Gasteiger partial charge in [-0.15, -0.1) is 12.4 Å². The molecule has 4 rings (SSSR count). The molecule has 1 amide bonds. The molecule has 0 spiro atoms. The minimum Gasteiger partial charge on any atom is -0.495 e. The van der Waals surface area contributed by atoms with Gasteiger partial charge in [-0.2, -0.15) is 0 Å². The van der Waals surface area contributed by atoms with E-state index in [1.54, 1.807) is 61.5 Å². The third-order valence-corrected chi connectivity index (χ3v) is 5.09. The van der Waals surface area contributed by atoms with Gasteiger partial charge in [0.15, 0.2) is 0 Å². The zero-order valence-electron chi connectivity index (χ0n) is 16.8. The number of carbonyl (C=O) groups excluding carboxylic acids is 1. The van der Waals surface area contributed by atoms with Crippen molar-refractivity contribution in [2.45, 2.75) is 6.92 Å². The molecular formula is C24H19Cl2FN2O2. The molecule has 31 heavy (non-hydrogen) atoms. The van der Waals surface area contributed by atoms with Crippen molar-refractivity contribution in [3.8, 4) is 16.9 Å². The summed E-state index contributed by atoms with van der Waals surface area (Å²) in [5, 5.41) is 3.94. The summed E-state index contributed by atoms with van der Waals surface area (Å²) in [4.78, 5) is 17.9. The first-order chi connectivity index (χ1) is 14.5. The van der Waals surface area contributed by atoms with Gasteiger partial charge < -0.3 is 10.1 Å². The highest BCUT2D eigenvalue weighted by Gasteiger charge is 2.23. The average Bonchev–Trinajstić information content (AvgIpc) is 2.74. The van der Waals surface area contributed by atoms with Crippen LogP contribution in [-0.4, -0.2) is 18.0 Å². The molecule has 0 bridgehead atoms. The van der Waals surface area contributed by atoms with Crippen LogP contribution in [0.5, 0.6) is 5.75 Å². The first kappa shape index (κ1) is 22.5. The van der Waals surface area contributed by atoms with E-state index in [-0.39, 0.29) is 18.0 Å². The number of aryl methyl sites for hydroxylation is 1. The minimum atomic E-state index is -0.435. The molecule has 0 saturated heterocycles. The fourth-order valence-electron chi connectivity index (χ4n) is 3.51. The number of halogens is 3. The van der Waals surface area contributed by atoms with Crippen LogP contribution in [0.4, 0.5) is 10.1 Å². The number of nitrogens with one attached hydrogen (secondary N) is 1. The predicted molar refractivity (Wildman–Crippen MR) is 125 cm³/mol. The molecule has 7 heteroatoms.